The summed E-state index contributed by atoms with van der Waals surface area (Å²) in [6.07, 6.45) is 0. The van der Waals surface area contributed by atoms with E-state index >= 15 is 0 Å². The first-order valence-electron chi connectivity index (χ1n) is 7.17. The maximum Gasteiger partial charge on any atom is 0.139 e. The molecule has 24 heavy (non-hydrogen) atoms. The second-order valence-corrected chi connectivity index (χ2v) is 6.81. The van der Waals surface area contributed by atoms with Gasteiger partial charge in [-0.05, 0) is 60.8 Å². The predicted octanol–water partition coefficient (Wildman–Crippen LogP) is 3.56. The topological polar surface area (TPSA) is 73.2 Å². The summed E-state index contributed by atoms with van der Waals surface area (Å²) in [6, 6.07) is 12.5. The van der Waals surface area contributed by atoms with Crippen LogP contribution in [-0.2, 0) is 11.1 Å². The van der Waals surface area contributed by atoms with E-state index in [-0.39, 0.29) is 10.7 Å². The second-order valence-electron chi connectivity index (χ2n) is 5.87. The molecule has 1 unspecified atom stereocenters. The lowest BCUT2D eigenvalue weighted by atomic mass is 9.83. The van der Waals surface area contributed by atoms with Crippen molar-refractivity contribution >= 4 is 16.7 Å². The number of hydrogen-bond donors (Lipinski definition) is 0. The van der Waals surface area contributed by atoms with Crippen LogP contribution in [0.5, 0.6) is 5.75 Å². The third-order valence-electron chi connectivity index (χ3n) is 3.88. The summed E-state index contributed by atoms with van der Waals surface area (Å²) < 4.78 is 41.5. The number of ether oxygens (including phenoxy) is 1. The quantitative estimate of drug-likeness (QED) is 0.782. The average Bonchev–Trinajstić information content (AvgIpc) is 2.53. The largest absolute Gasteiger partial charge is 0.768 e. The second kappa shape index (κ2) is 5.86. The highest BCUT2D eigenvalue weighted by Gasteiger charge is 2.36. The number of hydrogen-bond acceptors (Lipinski definition) is 4. The summed E-state index contributed by atoms with van der Waals surface area (Å²) in [5.41, 5.74) is 1.35. The molecule has 4 nitrogen and oxygen atoms in total. The van der Waals surface area contributed by atoms with Crippen molar-refractivity contribution in [1.82, 2.24) is 0 Å². The van der Waals surface area contributed by atoms with E-state index in [1.165, 1.54) is 24.3 Å². The van der Waals surface area contributed by atoms with Crippen LogP contribution in [0.3, 0.4) is 0 Å². The van der Waals surface area contributed by atoms with Crippen LogP contribution in [0.15, 0.2) is 52.9 Å². The molecule has 0 amide bonds. The summed E-state index contributed by atoms with van der Waals surface area (Å²) in [4.78, 5) is 0.100. The Morgan fingerprint density at radius 2 is 1.88 bits per heavy atom. The molecule has 6 heteroatoms. The first-order valence-corrected chi connectivity index (χ1v) is 8.24. The van der Waals surface area contributed by atoms with Crippen molar-refractivity contribution in [1.29, 1.82) is 5.26 Å². The molecule has 0 saturated carbocycles. The number of rotatable bonds is 2. The third kappa shape index (κ3) is 2.73. The minimum atomic E-state index is -2.38. The van der Waals surface area contributed by atoms with E-state index in [1.807, 2.05) is 0 Å². The van der Waals surface area contributed by atoms with Crippen molar-refractivity contribution in [3.63, 3.8) is 0 Å². The molecule has 0 aliphatic carbocycles. The first-order chi connectivity index (χ1) is 11.3. The summed E-state index contributed by atoms with van der Waals surface area (Å²) >= 11 is -2.38. The first kappa shape index (κ1) is 16.4. The fourth-order valence-electron chi connectivity index (χ4n) is 2.77. The lowest BCUT2D eigenvalue weighted by Crippen LogP contribution is -2.34. The lowest BCUT2D eigenvalue weighted by Gasteiger charge is -2.34. The van der Waals surface area contributed by atoms with Gasteiger partial charge >= 0.3 is 0 Å². The Bertz CT molecular complexity index is 911. The van der Waals surface area contributed by atoms with Gasteiger partial charge < -0.3 is 9.29 Å². The minimum Gasteiger partial charge on any atom is -0.768 e. The number of nitriles is 1. The smallest absolute Gasteiger partial charge is 0.139 e. The summed E-state index contributed by atoms with van der Waals surface area (Å²) in [5.74, 6) is 0.00141. The molecule has 0 radical (unpaired) electrons. The van der Waals surface area contributed by atoms with Crippen molar-refractivity contribution in [2.24, 2.45) is 0 Å². The zero-order valence-electron chi connectivity index (χ0n) is 13.0. The average molecular weight is 342 g/mol. The van der Waals surface area contributed by atoms with E-state index in [9.17, 15) is 18.4 Å². The van der Waals surface area contributed by atoms with Crippen LogP contribution < -0.4 is 4.74 Å². The number of halogens is 1. The van der Waals surface area contributed by atoms with Crippen molar-refractivity contribution < 1.29 is 17.9 Å². The molecule has 0 fully saturated rings. The van der Waals surface area contributed by atoms with Crippen LogP contribution >= 0.6 is 0 Å². The van der Waals surface area contributed by atoms with Crippen molar-refractivity contribution in [2.75, 3.05) is 0 Å². The standard InChI is InChI=1S/C18H14FNO3S/c1-18(2)15(10-20)17(11-3-5-12(19)6-4-11)14-8-7-13(24(21)22)9-16(14)23-18/h3-9H,1-2H3,(H,21,22)/p-1. The van der Waals surface area contributed by atoms with Crippen LogP contribution in [0, 0.1) is 17.1 Å². The summed E-state index contributed by atoms with van der Waals surface area (Å²) in [6.45, 7) is 3.47. The molecule has 0 saturated heterocycles. The molecule has 0 spiro atoms. The Hall–Kier alpha value is -2.49. The Morgan fingerprint density at radius 1 is 1.21 bits per heavy atom. The van der Waals surface area contributed by atoms with Gasteiger partial charge in [0.15, 0.2) is 0 Å². The maximum absolute atomic E-state index is 13.2. The van der Waals surface area contributed by atoms with Crippen molar-refractivity contribution in [3.8, 4) is 11.8 Å². The molecule has 1 atom stereocenters. The van der Waals surface area contributed by atoms with Crippen LogP contribution in [0.4, 0.5) is 4.39 Å². The predicted molar refractivity (Wildman–Crippen MR) is 86.4 cm³/mol. The molecule has 1 aliphatic rings. The Balaban J connectivity index is 2.30. The molecule has 122 valence electrons. The van der Waals surface area contributed by atoms with Gasteiger partial charge in [0.2, 0.25) is 0 Å². The lowest BCUT2D eigenvalue weighted by molar-refractivity contribution is 0.149. The van der Waals surface area contributed by atoms with E-state index in [0.29, 0.717) is 28.0 Å². The maximum atomic E-state index is 13.2. The molecule has 2 aromatic rings. The van der Waals surface area contributed by atoms with Crippen LogP contribution in [0.2, 0.25) is 0 Å². The SMILES string of the molecule is CC1(C)Oc2cc(S(=O)[O-])ccc2C(c2ccc(F)cc2)=C1C#N. The number of fused-ring (bicyclic) bond motifs is 1. The molecule has 1 aliphatic heterocycles. The number of nitrogens with zero attached hydrogens (tertiary/aromatic N) is 1. The molecular weight excluding hydrogens is 329 g/mol. The van der Waals surface area contributed by atoms with Gasteiger partial charge in [-0.3, -0.25) is 4.21 Å². The minimum absolute atomic E-state index is 0.100. The normalized spacial score (nSPS) is 16.8. The fourth-order valence-corrected chi connectivity index (χ4v) is 3.15. The van der Waals surface area contributed by atoms with Crippen LogP contribution in [-0.4, -0.2) is 14.4 Å². The highest BCUT2D eigenvalue weighted by Crippen LogP contribution is 2.44. The van der Waals surface area contributed by atoms with E-state index in [2.05, 4.69) is 6.07 Å². The Morgan fingerprint density at radius 3 is 2.46 bits per heavy atom. The van der Waals surface area contributed by atoms with E-state index in [4.69, 9.17) is 4.74 Å². The van der Waals surface area contributed by atoms with Gasteiger partial charge in [0.25, 0.3) is 0 Å². The van der Waals surface area contributed by atoms with E-state index in [0.717, 1.165) is 0 Å². The monoisotopic (exact) mass is 342 g/mol. The van der Waals surface area contributed by atoms with Gasteiger partial charge in [-0.25, -0.2) is 4.39 Å². The fraction of sp³-hybridized carbons (Fsp3) is 0.167. The summed E-state index contributed by atoms with van der Waals surface area (Å²) in [5, 5.41) is 9.62. The molecule has 0 aromatic heterocycles. The molecule has 1 heterocycles. The molecular formula is C18H13FNO3S-. The highest BCUT2D eigenvalue weighted by atomic mass is 32.2. The van der Waals surface area contributed by atoms with Crippen LogP contribution in [0.1, 0.15) is 25.0 Å². The van der Waals surface area contributed by atoms with Gasteiger partial charge in [-0.1, -0.05) is 12.1 Å². The molecule has 0 bridgehead atoms. The van der Waals surface area contributed by atoms with Gasteiger partial charge in [-0.2, -0.15) is 5.26 Å². The van der Waals surface area contributed by atoms with Crippen molar-refractivity contribution in [3.05, 3.63) is 65.0 Å². The zero-order chi connectivity index (χ0) is 17.5. The van der Waals surface area contributed by atoms with Gasteiger partial charge in [0, 0.05) is 16.0 Å². The van der Waals surface area contributed by atoms with Gasteiger partial charge in [-0.15, -0.1) is 0 Å². The molecule has 0 N–H and O–H groups in total. The van der Waals surface area contributed by atoms with Gasteiger partial charge in [0.05, 0.1) is 11.6 Å². The molecule has 2 aromatic carbocycles. The zero-order valence-corrected chi connectivity index (χ0v) is 13.8. The van der Waals surface area contributed by atoms with Crippen LogP contribution in [0.25, 0.3) is 5.57 Å². The Kier molecular flexibility index (Phi) is 3.99. The van der Waals surface area contributed by atoms with E-state index < -0.39 is 16.7 Å². The van der Waals surface area contributed by atoms with E-state index in [1.54, 1.807) is 32.0 Å². The van der Waals surface area contributed by atoms with Crippen molar-refractivity contribution in [2.45, 2.75) is 24.3 Å². The third-order valence-corrected chi connectivity index (χ3v) is 4.52. The van der Waals surface area contributed by atoms with Gasteiger partial charge in [0.1, 0.15) is 17.2 Å². The number of benzene rings is 2. The molecule has 3 rings (SSSR count). The highest BCUT2D eigenvalue weighted by molar-refractivity contribution is 7.79. The Labute approximate surface area is 141 Å². The summed E-state index contributed by atoms with van der Waals surface area (Å²) in [7, 11) is 0.